The highest BCUT2D eigenvalue weighted by Crippen LogP contribution is 2.21. The highest BCUT2D eigenvalue weighted by molar-refractivity contribution is 6.31. The molecule has 16 heavy (non-hydrogen) atoms. The molecular weight excluding hydrogens is 230 g/mol. The van der Waals surface area contributed by atoms with E-state index in [4.69, 9.17) is 16.3 Å². The number of nitrogens with zero attached hydrogens (tertiary/aromatic N) is 1. The van der Waals surface area contributed by atoms with Crippen LogP contribution in [0.25, 0.3) is 0 Å². The second-order valence-corrected chi connectivity index (χ2v) is 3.87. The van der Waals surface area contributed by atoms with Crippen LogP contribution in [0.5, 0.6) is 0 Å². The van der Waals surface area contributed by atoms with Crippen LogP contribution in [0.15, 0.2) is 17.1 Å². The van der Waals surface area contributed by atoms with Crippen LogP contribution < -0.4 is 5.56 Å². The maximum atomic E-state index is 11.8. The normalized spacial score (nSPS) is 12.2. The fourth-order valence-electron chi connectivity index (χ4n) is 1.40. The molecule has 1 atom stereocenters. The molecule has 0 saturated heterocycles. The van der Waals surface area contributed by atoms with Crippen molar-refractivity contribution >= 4 is 17.6 Å². The number of aromatic nitrogens is 1. The minimum Gasteiger partial charge on any atom is -0.466 e. The molecule has 0 N–H and O–H groups in total. The monoisotopic (exact) mass is 243 g/mol. The predicted molar refractivity (Wildman–Crippen MR) is 61.7 cm³/mol. The van der Waals surface area contributed by atoms with Crippen molar-refractivity contribution in [1.29, 1.82) is 0 Å². The average molecular weight is 244 g/mol. The molecule has 1 aromatic heterocycles. The molecule has 1 aromatic rings. The van der Waals surface area contributed by atoms with Crippen molar-refractivity contribution in [1.82, 2.24) is 4.57 Å². The Morgan fingerprint density at radius 2 is 2.25 bits per heavy atom. The quantitative estimate of drug-likeness (QED) is 0.760. The Balaban J connectivity index is 3.18. The van der Waals surface area contributed by atoms with Gasteiger partial charge in [-0.2, -0.15) is 0 Å². The number of carbonyl (C=O) groups is 1. The number of ether oxygens (including phenoxy) is 1. The van der Waals surface area contributed by atoms with Crippen LogP contribution in [0.2, 0.25) is 5.02 Å². The molecule has 1 unspecified atom stereocenters. The number of pyridine rings is 1. The van der Waals surface area contributed by atoms with Crippen LogP contribution >= 0.6 is 11.6 Å². The Bertz CT molecular complexity index is 453. The van der Waals surface area contributed by atoms with Gasteiger partial charge in [-0.15, -0.1) is 0 Å². The number of halogens is 1. The molecule has 1 rings (SSSR count). The molecule has 88 valence electrons. The largest absolute Gasteiger partial charge is 0.466 e. The molecule has 0 amide bonds. The number of rotatable bonds is 3. The van der Waals surface area contributed by atoms with Crippen molar-refractivity contribution in [3.05, 3.63) is 33.2 Å². The molecule has 5 heteroatoms. The molecule has 0 aromatic carbocycles. The van der Waals surface area contributed by atoms with Crippen LogP contribution in [-0.2, 0) is 16.6 Å². The molecule has 0 aliphatic carbocycles. The molecule has 0 radical (unpaired) electrons. The van der Waals surface area contributed by atoms with E-state index >= 15 is 0 Å². The summed E-state index contributed by atoms with van der Waals surface area (Å²) in [7, 11) is 1.61. The van der Waals surface area contributed by atoms with Crippen molar-refractivity contribution in [3.8, 4) is 0 Å². The summed E-state index contributed by atoms with van der Waals surface area (Å²) in [4.78, 5) is 23.3. The second-order valence-electron chi connectivity index (χ2n) is 3.47. The number of hydrogen-bond acceptors (Lipinski definition) is 3. The first-order valence-electron chi connectivity index (χ1n) is 5.00. The summed E-state index contributed by atoms with van der Waals surface area (Å²) >= 11 is 5.92. The Labute approximate surface area is 98.8 Å². The van der Waals surface area contributed by atoms with Gasteiger partial charge in [0, 0.05) is 13.2 Å². The van der Waals surface area contributed by atoms with Gasteiger partial charge < -0.3 is 9.30 Å². The first-order valence-corrected chi connectivity index (χ1v) is 5.38. The van der Waals surface area contributed by atoms with Gasteiger partial charge in [-0.3, -0.25) is 9.59 Å². The zero-order valence-corrected chi connectivity index (χ0v) is 10.2. The number of aryl methyl sites for hydroxylation is 1. The molecule has 1 heterocycles. The lowest BCUT2D eigenvalue weighted by molar-refractivity contribution is -0.144. The number of carbonyl (C=O) groups excluding carboxylic acids is 1. The van der Waals surface area contributed by atoms with Crippen LogP contribution in [0, 0.1) is 0 Å². The van der Waals surface area contributed by atoms with Crippen LogP contribution in [0.4, 0.5) is 0 Å². The third kappa shape index (κ3) is 2.44. The zero-order chi connectivity index (χ0) is 12.3. The highest BCUT2D eigenvalue weighted by Gasteiger charge is 2.22. The summed E-state index contributed by atoms with van der Waals surface area (Å²) in [5, 5.41) is 0.295. The third-order valence-electron chi connectivity index (χ3n) is 2.33. The molecule has 4 nitrogen and oxygen atoms in total. The second kappa shape index (κ2) is 5.16. The lowest BCUT2D eigenvalue weighted by Crippen LogP contribution is -2.26. The van der Waals surface area contributed by atoms with Gasteiger partial charge in [0.15, 0.2) is 0 Å². The fourth-order valence-corrected chi connectivity index (χ4v) is 1.70. The summed E-state index contributed by atoms with van der Waals surface area (Å²) in [6, 6.07) is 1.59. The third-order valence-corrected chi connectivity index (χ3v) is 2.66. The van der Waals surface area contributed by atoms with Gasteiger partial charge in [-0.25, -0.2) is 0 Å². The highest BCUT2D eigenvalue weighted by atomic mass is 35.5. The number of hydrogen-bond donors (Lipinski definition) is 0. The fraction of sp³-hybridized carbons (Fsp3) is 0.455. The summed E-state index contributed by atoms with van der Waals surface area (Å²) in [5.41, 5.74) is 0.0122. The van der Waals surface area contributed by atoms with Gasteiger partial charge in [0.05, 0.1) is 23.1 Å². The van der Waals surface area contributed by atoms with E-state index in [1.54, 1.807) is 33.2 Å². The van der Waals surface area contributed by atoms with E-state index in [2.05, 4.69) is 0 Å². The zero-order valence-electron chi connectivity index (χ0n) is 9.49. The summed E-state index contributed by atoms with van der Waals surface area (Å²) in [5.74, 6) is -1.08. The van der Waals surface area contributed by atoms with Gasteiger partial charge in [-0.05, 0) is 19.9 Å². The molecule has 0 bridgehead atoms. The molecule has 0 spiro atoms. The van der Waals surface area contributed by atoms with Gasteiger partial charge in [0.2, 0.25) is 0 Å². The Kier molecular flexibility index (Phi) is 4.12. The van der Waals surface area contributed by atoms with E-state index in [9.17, 15) is 9.59 Å². The Hall–Kier alpha value is -1.29. The van der Waals surface area contributed by atoms with E-state index in [1.165, 1.54) is 4.57 Å². The van der Waals surface area contributed by atoms with Gasteiger partial charge in [0.1, 0.15) is 0 Å². The van der Waals surface area contributed by atoms with Crippen LogP contribution in [-0.4, -0.2) is 17.1 Å². The maximum Gasteiger partial charge on any atom is 0.313 e. The lowest BCUT2D eigenvalue weighted by Gasteiger charge is -2.12. The first kappa shape index (κ1) is 12.8. The van der Waals surface area contributed by atoms with Crippen LogP contribution in [0.3, 0.4) is 0 Å². The Morgan fingerprint density at radius 3 is 2.81 bits per heavy atom. The lowest BCUT2D eigenvalue weighted by atomic mass is 10.0. The summed E-state index contributed by atoms with van der Waals surface area (Å²) < 4.78 is 6.25. The molecule has 0 aliphatic rings. The predicted octanol–water partition coefficient (Wildman–Crippen LogP) is 1.71. The van der Waals surface area contributed by atoms with Crippen molar-refractivity contribution in [2.45, 2.75) is 19.8 Å². The number of esters is 1. The van der Waals surface area contributed by atoms with Gasteiger partial charge in [0.25, 0.3) is 5.56 Å². The topological polar surface area (TPSA) is 48.3 Å². The summed E-state index contributed by atoms with van der Waals surface area (Å²) in [6.45, 7) is 3.61. The summed E-state index contributed by atoms with van der Waals surface area (Å²) in [6.07, 6.45) is 1.56. The molecular formula is C11H14ClNO3. The minimum absolute atomic E-state index is 0.270. The first-order chi connectivity index (χ1) is 7.49. The minimum atomic E-state index is -0.646. The smallest absolute Gasteiger partial charge is 0.313 e. The van der Waals surface area contributed by atoms with Crippen molar-refractivity contribution in [2.24, 2.45) is 7.05 Å². The van der Waals surface area contributed by atoms with Crippen molar-refractivity contribution in [3.63, 3.8) is 0 Å². The standard InChI is InChI=1S/C11H14ClNO3/c1-4-16-11(15)7(2)9-8(12)5-6-13(3)10(9)14/h5-7H,4H2,1-3H3. The SMILES string of the molecule is CCOC(=O)C(C)c1c(Cl)ccn(C)c1=O. The van der Waals surface area contributed by atoms with Crippen LogP contribution in [0.1, 0.15) is 25.3 Å². The molecule has 0 fully saturated rings. The average Bonchev–Trinajstić information content (AvgIpc) is 2.24. The van der Waals surface area contributed by atoms with E-state index in [1.807, 2.05) is 0 Å². The van der Waals surface area contributed by atoms with E-state index in [0.29, 0.717) is 5.02 Å². The van der Waals surface area contributed by atoms with E-state index in [0.717, 1.165) is 0 Å². The van der Waals surface area contributed by atoms with Gasteiger partial charge >= 0.3 is 5.97 Å². The molecule has 0 saturated carbocycles. The van der Waals surface area contributed by atoms with Crippen molar-refractivity contribution in [2.75, 3.05) is 6.61 Å². The van der Waals surface area contributed by atoms with E-state index < -0.39 is 11.9 Å². The van der Waals surface area contributed by atoms with Crippen molar-refractivity contribution < 1.29 is 9.53 Å². The maximum absolute atomic E-state index is 11.8. The van der Waals surface area contributed by atoms with Gasteiger partial charge in [-0.1, -0.05) is 11.6 Å². The molecule has 0 aliphatic heterocycles. The Morgan fingerprint density at radius 1 is 1.62 bits per heavy atom. The van der Waals surface area contributed by atoms with E-state index in [-0.39, 0.29) is 17.7 Å².